The summed E-state index contributed by atoms with van der Waals surface area (Å²) in [6.45, 7) is 0. The number of alkyl halides is 1. The van der Waals surface area contributed by atoms with Crippen molar-refractivity contribution in [2.24, 2.45) is 5.92 Å². The monoisotopic (exact) mass is 152 g/mol. The van der Waals surface area contributed by atoms with Gasteiger partial charge in [-0.1, -0.05) is 0 Å². The molecule has 1 aliphatic rings. The van der Waals surface area contributed by atoms with Gasteiger partial charge in [0.25, 0.3) is 0 Å². The summed E-state index contributed by atoms with van der Waals surface area (Å²) in [5, 5.41) is -0.267. The van der Waals surface area contributed by atoms with Crippen LogP contribution in [0.3, 0.4) is 0 Å². The molecule has 1 saturated carbocycles. The molecule has 8 heavy (non-hydrogen) atoms. The van der Waals surface area contributed by atoms with E-state index < -0.39 is 0 Å². The minimum absolute atomic E-state index is 0.0139. The number of carbonyl (C=O) groups excluding carboxylic acids is 1. The second-order valence-electron chi connectivity index (χ2n) is 2.00. The Labute approximate surface area is 58.0 Å². The maximum atomic E-state index is 10.3. The minimum Gasteiger partial charge on any atom is -0.281 e. The van der Waals surface area contributed by atoms with Crippen molar-refractivity contribution in [1.82, 2.24) is 0 Å². The molecule has 2 unspecified atom stereocenters. The zero-order valence-corrected chi connectivity index (χ0v) is 5.74. The summed E-state index contributed by atoms with van der Waals surface area (Å²) in [6.07, 6.45) is 1.81. The van der Waals surface area contributed by atoms with Gasteiger partial charge < -0.3 is 0 Å². The third kappa shape index (κ3) is 0.981. The van der Waals surface area contributed by atoms with Crippen LogP contribution in [0.25, 0.3) is 0 Å². The Morgan fingerprint density at radius 2 is 2.12 bits per heavy atom. The highest BCUT2D eigenvalue weighted by Crippen LogP contribution is 2.33. The summed E-state index contributed by atoms with van der Waals surface area (Å²) in [4.78, 5) is 10.3. The van der Waals surface area contributed by atoms with Crippen molar-refractivity contribution >= 4 is 28.4 Å². The minimum atomic E-state index is -0.281. The van der Waals surface area contributed by atoms with Gasteiger partial charge in [0.15, 0.2) is 0 Å². The molecule has 1 aliphatic carbocycles. The lowest BCUT2D eigenvalue weighted by Gasteiger charge is -2.27. The molecular weight excluding hydrogens is 147 g/mol. The SMILES string of the molecule is O=C(Cl)C1CCC1Cl. The molecule has 2 atom stereocenters. The van der Waals surface area contributed by atoms with Gasteiger partial charge in [-0.25, -0.2) is 0 Å². The van der Waals surface area contributed by atoms with Crippen LogP contribution in [0.4, 0.5) is 0 Å². The molecule has 0 spiro atoms. The van der Waals surface area contributed by atoms with Crippen molar-refractivity contribution in [3.63, 3.8) is 0 Å². The highest BCUT2D eigenvalue weighted by atomic mass is 35.5. The molecule has 46 valence electrons. The van der Waals surface area contributed by atoms with Gasteiger partial charge >= 0.3 is 0 Å². The molecule has 3 heteroatoms. The molecule has 0 amide bonds. The van der Waals surface area contributed by atoms with Crippen LogP contribution in [0.15, 0.2) is 0 Å². The van der Waals surface area contributed by atoms with Gasteiger partial charge in [0, 0.05) is 11.3 Å². The van der Waals surface area contributed by atoms with E-state index in [9.17, 15) is 4.79 Å². The fourth-order valence-corrected chi connectivity index (χ4v) is 1.41. The number of hydrogen-bond donors (Lipinski definition) is 0. The maximum Gasteiger partial charge on any atom is 0.226 e. The molecule has 1 rings (SSSR count). The first-order valence-electron chi connectivity index (χ1n) is 2.55. The van der Waals surface area contributed by atoms with Crippen molar-refractivity contribution < 1.29 is 4.79 Å². The quantitative estimate of drug-likeness (QED) is 0.414. The molecule has 0 N–H and O–H groups in total. The zero-order chi connectivity index (χ0) is 6.15. The fourth-order valence-electron chi connectivity index (χ4n) is 0.715. The molecule has 0 saturated heterocycles. The van der Waals surface area contributed by atoms with E-state index in [1.807, 2.05) is 0 Å². The van der Waals surface area contributed by atoms with Gasteiger partial charge in [-0.2, -0.15) is 0 Å². The van der Waals surface area contributed by atoms with Crippen molar-refractivity contribution in [3.05, 3.63) is 0 Å². The molecular formula is C5H6Cl2O. The molecule has 0 aliphatic heterocycles. The lowest BCUT2D eigenvalue weighted by atomic mass is 9.86. The average Bonchev–Trinajstić information content (AvgIpc) is 1.61. The number of halogens is 2. The smallest absolute Gasteiger partial charge is 0.226 e. The highest BCUT2D eigenvalue weighted by Gasteiger charge is 2.33. The number of carbonyl (C=O) groups is 1. The third-order valence-electron chi connectivity index (χ3n) is 1.48. The van der Waals surface area contributed by atoms with Gasteiger partial charge in [-0.15, -0.1) is 11.6 Å². The van der Waals surface area contributed by atoms with Gasteiger partial charge in [0.05, 0.1) is 0 Å². The van der Waals surface area contributed by atoms with Crippen LogP contribution < -0.4 is 0 Å². The Balaban J connectivity index is 2.37. The lowest BCUT2D eigenvalue weighted by Crippen LogP contribution is -2.30. The summed E-state index contributed by atoms with van der Waals surface area (Å²) < 4.78 is 0. The molecule has 0 aromatic heterocycles. The highest BCUT2D eigenvalue weighted by molar-refractivity contribution is 6.64. The summed E-state index contributed by atoms with van der Waals surface area (Å²) in [7, 11) is 0. The van der Waals surface area contributed by atoms with Crippen molar-refractivity contribution in [1.29, 1.82) is 0 Å². The normalized spacial score (nSPS) is 36.2. The largest absolute Gasteiger partial charge is 0.281 e. The Kier molecular flexibility index (Phi) is 1.78. The van der Waals surface area contributed by atoms with E-state index in [0.29, 0.717) is 0 Å². The molecule has 0 bridgehead atoms. The molecule has 1 nitrogen and oxygen atoms in total. The standard InChI is InChI=1S/C5H6Cl2O/c6-4-2-1-3(4)5(7)8/h3-4H,1-2H2. The van der Waals surface area contributed by atoms with Gasteiger partial charge in [0.1, 0.15) is 0 Å². The summed E-state index contributed by atoms with van der Waals surface area (Å²) in [5.74, 6) is -0.0571. The predicted molar refractivity (Wildman–Crippen MR) is 33.2 cm³/mol. The van der Waals surface area contributed by atoms with Gasteiger partial charge in [-0.3, -0.25) is 4.79 Å². The van der Waals surface area contributed by atoms with E-state index in [0.717, 1.165) is 12.8 Å². The van der Waals surface area contributed by atoms with Crippen molar-refractivity contribution in [3.8, 4) is 0 Å². The first-order chi connectivity index (χ1) is 3.72. The first-order valence-corrected chi connectivity index (χ1v) is 3.36. The summed E-state index contributed by atoms with van der Waals surface area (Å²) in [5.41, 5.74) is 0. The van der Waals surface area contributed by atoms with Crippen LogP contribution in [0.5, 0.6) is 0 Å². The van der Waals surface area contributed by atoms with Crippen LogP contribution in [0.2, 0.25) is 0 Å². The molecule has 0 heterocycles. The second kappa shape index (κ2) is 2.24. The lowest BCUT2D eigenvalue weighted by molar-refractivity contribution is -0.117. The van der Waals surface area contributed by atoms with Crippen LogP contribution >= 0.6 is 23.2 Å². The Hall–Kier alpha value is 0.250. The average molecular weight is 153 g/mol. The maximum absolute atomic E-state index is 10.3. The van der Waals surface area contributed by atoms with E-state index in [1.54, 1.807) is 0 Å². The van der Waals surface area contributed by atoms with Crippen LogP contribution in [0, 0.1) is 5.92 Å². The second-order valence-corrected chi connectivity index (χ2v) is 2.94. The van der Waals surface area contributed by atoms with Crippen LogP contribution in [0.1, 0.15) is 12.8 Å². The van der Waals surface area contributed by atoms with E-state index in [1.165, 1.54) is 0 Å². The van der Waals surface area contributed by atoms with Gasteiger partial charge in [-0.05, 0) is 24.4 Å². The summed E-state index contributed by atoms with van der Waals surface area (Å²) in [6, 6.07) is 0. The van der Waals surface area contributed by atoms with Crippen molar-refractivity contribution in [2.75, 3.05) is 0 Å². The van der Waals surface area contributed by atoms with E-state index in [-0.39, 0.29) is 16.5 Å². The molecule has 0 aromatic rings. The summed E-state index contributed by atoms with van der Waals surface area (Å²) >= 11 is 10.8. The van der Waals surface area contributed by atoms with Crippen LogP contribution in [-0.2, 0) is 4.79 Å². The first kappa shape index (κ1) is 6.37. The van der Waals surface area contributed by atoms with E-state index in [4.69, 9.17) is 23.2 Å². The van der Waals surface area contributed by atoms with Crippen molar-refractivity contribution in [2.45, 2.75) is 18.2 Å². The predicted octanol–water partition coefficient (Wildman–Crippen LogP) is 1.77. The number of rotatable bonds is 1. The Bertz CT molecular complexity index is 113. The topological polar surface area (TPSA) is 17.1 Å². The van der Waals surface area contributed by atoms with Crippen LogP contribution in [-0.4, -0.2) is 10.6 Å². The molecule has 1 fully saturated rings. The number of hydrogen-bond acceptors (Lipinski definition) is 1. The Morgan fingerprint density at radius 1 is 1.50 bits per heavy atom. The van der Waals surface area contributed by atoms with E-state index >= 15 is 0 Å². The Morgan fingerprint density at radius 3 is 2.12 bits per heavy atom. The van der Waals surface area contributed by atoms with Gasteiger partial charge in [0.2, 0.25) is 5.24 Å². The van der Waals surface area contributed by atoms with E-state index in [2.05, 4.69) is 0 Å². The molecule has 0 radical (unpaired) electrons. The fraction of sp³-hybridized carbons (Fsp3) is 0.800. The zero-order valence-electron chi connectivity index (χ0n) is 4.23. The molecule has 0 aromatic carbocycles. The third-order valence-corrected chi connectivity index (χ3v) is 2.28.